The number of nitrogens with zero attached hydrogens (tertiary/aromatic N) is 2. The highest BCUT2D eigenvalue weighted by atomic mass is 79.9. The molecule has 0 atom stereocenters. The third kappa shape index (κ3) is 4.13. The molecule has 1 amide bonds. The first-order chi connectivity index (χ1) is 12.4. The van der Waals surface area contributed by atoms with Crippen LogP contribution in [0.2, 0.25) is 0 Å². The molecule has 1 aliphatic rings. The summed E-state index contributed by atoms with van der Waals surface area (Å²) >= 11 is 3.19. The van der Waals surface area contributed by atoms with Gasteiger partial charge in [-0.1, -0.05) is 22.0 Å². The molecule has 0 spiro atoms. The lowest BCUT2D eigenvalue weighted by atomic mass is 10.2. The third-order valence-corrected chi connectivity index (χ3v) is 2.68. The Bertz CT molecular complexity index is 754. The average Bonchev–Trinajstić information content (AvgIpc) is 2.42. The van der Waals surface area contributed by atoms with Crippen molar-refractivity contribution in [2.75, 3.05) is 30.9 Å². The average molecular weight is 349 g/mol. The molecule has 5 heteroatoms. The molecule has 0 bridgehead atoms. The van der Waals surface area contributed by atoms with E-state index in [1.165, 1.54) is 39.0 Å². The van der Waals surface area contributed by atoms with Crippen LogP contribution in [0.25, 0.3) is 0 Å². The number of halogens is 1. The van der Waals surface area contributed by atoms with E-state index in [1.54, 1.807) is 6.07 Å². The Morgan fingerprint density at radius 3 is 2.50 bits per heavy atom. The largest absolute Gasteiger partial charge is 0.444 e. The van der Waals surface area contributed by atoms with Gasteiger partial charge in [0.25, 0.3) is 0 Å². The number of rotatable bonds is 1. The van der Waals surface area contributed by atoms with Crippen molar-refractivity contribution in [2.45, 2.75) is 26.4 Å². The van der Waals surface area contributed by atoms with E-state index in [9.17, 15) is 4.79 Å². The van der Waals surface area contributed by atoms with Crippen LogP contribution in [0, 0.1) is 0 Å². The summed E-state index contributed by atoms with van der Waals surface area (Å²) in [6.45, 7) is -8.37. The van der Waals surface area contributed by atoms with E-state index >= 15 is 0 Å². The minimum Gasteiger partial charge on any atom is -0.444 e. The lowest BCUT2D eigenvalue weighted by molar-refractivity contribution is 0.0240. The minimum absolute atomic E-state index is 0.0963. The molecule has 4 nitrogen and oxygen atoms in total. The standard InChI is InChI=1S/C15H21BrN2O2/c1-15(2,3)20-14(19)18-9-7-17(8-10-18)13-6-4-5-12(16)11-13/h4-6,11H,7-10H2,1-3H3/i7D2,8D2,9D2,10D2. The Kier molecular flexibility index (Phi) is 2.32. The van der Waals surface area contributed by atoms with Crippen LogP contribution in [0.1, 0.15) is 31.7 Å². The predicted molar refractivity (Wildman–Crippen MR) is 84.2 cm³/mol. The predicted octanol–water partition coefficient (Wildman–Crippen LogP) is 3.51. The maximum atomic E-state index is 12.6. The summed E-state index contributed by atoms with van der Waals surface area (Å²) in [5.74, 6) is 0. The number of anilines is 1. The molecule has 1 fully saturated rings. The van der Waals surface area contributed by atoms with Crippen molar-refractivity contribution in [2.24, 2.45) is 0 Å². The molecule has 0 radical (unpaired) electrons. The van der Waals surface area contributed by atoms with Gasteiger partial charge in [-0.25, -0.2) is 4.79 Å². The van der Waals surface area contributed by atoms with Crippen LogP contribution in [0.5, 0.6) is 0 Å². The lowest BCUT2D eigenvalue weighted by Gasteiger charge is -2.36. The molecule has 1 aromatic rings. The van der Waals surface area contributed by atoms with Gasteiger partial charge in [-0.2, -0.15) is 0 Å². The summed E-state index contributed by atoms with van der Waals surface area (Å²) in [5.41, 5.74) is -1.22. The highest BCUT2D eigenvalue weighted by molar-refractivity contribution is 9.10. The van der Waals surface area contributed by atoms with Gasteiger partial charge in [0.1, 0.15) is 5.60 Å². The summed E-state index contributed by atoms with van der Waals surface area (Å²) in [7, 11) is 0. The molecular formula is C15H21BrN2O2. The highest BCUT2D eigenvalue weighted by Crippen LogP contribution is 2.21. The number of benzene rings is 1. The first-order valence-electron chi connectivity index (χ1n) is 9.96. The van der Waals surface area contributed by atoms with Gasteiger partial charge < -0.3 is 14.5 Å². The van der Waals surface area contributed by atoms with Gasteiger partial charge in [-0.15, -0.1) is 0 Å². The molecule has 1 aromatic carbocycles. The normalized spacial score (nSPS) is 32.2. The van der Waals surface area contributed by atoms with Crippen LogP contribution < -0.4 is 4.90 Å². The Balaban J connectivity index is 2.71. The summed E-state index contributed by atoms with van der Waals surface area (Å²) < 4.78 is 71.8. The van der Waals surface area contributed by atoms with Crippen LogP contribution >= 0.6 is 15.9 Å². The van der Waals surface area contributed by atoms with Gasteiger partial charge in [-0.05, 0) is 39.0 Å². The van der Waals surface area contributed by atoms with Gasteiger partial charge >= 0.3 is 6.09 Å². The Hall–Kier alpha value is -1.23. The van der Waals surface area contributed by atoms with E-state index in [2.05, 4.69) is 15.9 Å². The number of hydrogen-bond donors (Lipinski definition) is 0. The molecule has 2 rings (SSSR count). The molecule has 1 aliphatic heterocycles. The molecule has 1 heterocycles. The van der Waals surface area contributed by atoms with Gasteiger partial charge in [0.2, 0.25) is 0 Å². The number of hydrogen-bond acceptors (Lipinski definition) is 3. The maximum absolute atomic E-state index is 12.6. The van der Waals surface area contributed by atoms with Gasteiger partial charge in [0.05, 0.1) is 11.0 Å². The summed E-state index contributed by atoms with van der Waals surface area (Å²) in [5, 5.41) is 0. The first-order valence-corrected chi connectivity index (χ1v) is 6.76. The lowest BCUT2D eigenvalue weighted by Crippen LogP contribution is -2.50. The van der Waals surface area contributed by atoms with Crippen molar-refractivity contribution in [3.8, 4) is 0 Å². The topological polar surface area (TPSA) is 32.8 Å². The fraction of sp³-hybridized carbons (Fsp3) is 0.533. The van der Waals surface area contributed by atoms with Crippen molar-refractivity contribution in [1.29, 1.82) is 0 Å². The van der Waals surface area contributed by atoms with Crippen LogP contribution in [0.15, 0.2) is 28.7 Å². The van der Waals surface area contributed by atoms with Crippen molar-refractivity contribution in [3.05, 3.63) is 28.7 Å². The second-order valence-electron chi connectivity index (χ2n) is 5.08. The second kappa shape index (κ2) is 6.04. The summed E-state index contributed by atoms with van der Waals surface area (Å²) in [6, 6.07) is 5.76. The number of piperazine rings is 1. The molecular weight excluding hydrogens is 320 g/mol. The monoisotopic (exact) mass is 348 g/mol. The van der Waals surface area contributed by atoms with Crippen molar-refractivity contribution in [3.63, 3.8) is 0 Å². The summed E-state index contributed by atoms with van der Waals surface area (Å²) in [4.78, 5) is 12.8. The SMILES string of the molecule is [2H]C1([2H])N(C(=O)OC(C)(C)C)C([2H])([2H])C([2H])([2H])N(c2cccc(Br)c2)C1([2H])[2H]. The molecule has 0 aliphatic carbocycles. The quantitative estimate of drug-likeness (QED) is 0.778. The van der Waals surface area contributed by atoms with E-state index in [4.69, 9.17) is 15.7 Å². The molecule has 20 heavy (non-hydrogen) atoms. The molecule has 0 saturated carbocycles. The Labute approximate surface area is 140 Å². The van der Waals surface area contributed by atoms with E-state index in [0.29, 0.717) is 9.37 Å². The molecule has 0 unspecified atom stereocenters. The Morgan fingerprint density at radius 2 is 1.95 bits per heavy atom. The number of amides is 1. The van der Waals surface area contributed by atoms with Crippen LogP contribution in [0.3, 0.4) is 0 Å². The van der Waals surface area contributed by atoms with E-state index in [-0.39, 0.29) is 10.6 Å². The molecule has 110 valence electrons. The Morgan fingerprint density at radius 1 is 1.30 bits per heavy atom. The number of carbonyl (C=O) groups is 1. The number of carbonyl (C=O) groups excluding carboxylic acids is 1. The third-order valence-electron chi connectivity index (χ3n) is 2.19. The maximum Gasteiger partial charge on any atom is 0.410 e. The van der Waals surface area contributed by atoms with E-state index < -0.39 is 37.7 Å². The molecule has 0 aromatic heterocycles. The summed E-state index contributed by atoms with van der Waals surface area (Å²) in [6.07, 6.45) is -1.50. The molecule has 0 N–H and O–H groups in total. The number of ether oxygens (including phenoxy) is 1. The van der Waals surface area contributed by atoms with Gasteiger partial charge in [0, 0.05) is 36.1 Å². The van der Waals surface area contributed by atoms with Crippen LogP contribution in [0.4, 0.5) is 10.5 Å². The second-order valence-corrected chi connectivity index (χ2v) is 5.99. The van der Waals surface area contributed by atoms with Gasteiger partial charge in [-0.3, -0.25) is 0 Å². The highest BCUT2D eigenvalue weighted by Gasteiger charge is 2.25. The smallest absolute Gasteiger partial charge is 0.410 e. The van der Waals surface area contributed by atoms with Crippen molar-refractivity contribution >= 4 is 27.7 Å². The zero-order valence-electron chi connectivity index (χ0n) is 19.4. The zero-order chi connectivity index (χ0) is 21.9. The van der Waals surface area contributed by atoms with Crippen molar-refractivity contribution in [1.82, 2.24) is 4.90 Å². The fourth-order valence-electron chi connectivity index (χ4n) is 1.40. The fourth-order valence-corrected chi connectivity index (χ4v) is 1.79. The van der Waals surface area contributed by atoms with Gasteiger partial charge in [0.15, 0.2) is 0 Å². The minimum atomic E-state index is -3.27. The van der Waals surface area contributed by atoms with Crippen molar-refractivity contribution < 1.29 is 20.5 Å². The first kappa shape index (κ1) is 7.69. The van der Waals surface area contributed by atoms with E-state index in [0.717, 1.165) is 0 Å². The zero-order valence-corrected chi connectivity index (χ0v) is 13.0. The van der Waals surface area contributed by atoms with Crippen LogP contribution in [-0.2, 0) is 4.74 Å². The van der Waals surface area contributed by atoms with Crippen LogP contribution in [-0.4, -0.2) is 42.6 Å². The van der Waals surface area contributed by atoms with E-state index in [1.807, 2.05) is 0 Å². The molecule has 1 saturated heterocycles.